The number of Topliss-reactive ketones (excluding diaryl/α,β-unsaturated/α-hetero) is 2. The molecule has 4 nitrogen and oxygen atoms in total. The average Bonchev–Trinajstić information content (AvgIpc) is 2.82. The maximum atomic E-state index is 12.9. The van der Waals surface area contributed by atoms with Crippen molar-refractivity contribution in [2.75, 3.05) is 0 Å². The van der Waals surface area contributed by atoms with E-state index in [0.717, 1.165) is 22.3 Å². The van der Waals surface area contributed by atoms with Crippen LogP contribution in [0.4, 0.5) is 0 Å². The van der Waals surface area contributed by atoms with Gasteiger partial charge >= 0.3 is 0 Å². The lowest BCUT2D eigenvalue weighted by Gasteiger charge is -2.16. The molecule has 0 spiro atoms. The molecule has 1 aromatic carbocycles. The Morgan fingerprint density at radius 1 is 1.08 bits per heavy atom. The largest absolute Gasteiger partial charge is 0.294 e. The Morgan fingerprint density at radius 3 is 2.35 bits per heavy atom. The van der Waals surface area contributed by atoms with E-state index >= 15 is 0 Å². The maximum Gasteiger partial charge on any atom is 0.178 e. The van der Waals surface area contributed by atoms with E-state index in [9.17, 15) is 14.4 Å². The van der Waals surface area contributed by atoms with Gasteiger partial charge in [-0.05, 0) is 55.7 Å². The molecule has 0 bridgehead atoms. The molecule has 1 unspecified atom stereocenters. The quantitative estimate of drug-likeness (QED) is 0.626. The van der Waals surface area contributed by atoms with Crippen LogP contribution in [0.5, 0.6) is 0 Å². The van der Waals surface area contributed by atoms with E-state index in [0.29, 0.717) is 17.0 Å². The number of aromatic nitrogens is 1. The minimum absolute atomic E-state index is 0.126. The summed E-state index contributed by atoms with van der Waals surface area (Å²) in [6.45, 7) is 7.32. The van der Waals surface area contributed by atoms with Crippen molar-refractivity contribution in [3.63, 3.8) is 0 Å². The molecule has 2 aromatic rings. The van der Waals surface area contributed by atoms with E-state index in [1.54, 1.807) is 18.2 Å². The fraction of sp³-hybridized carbons (Fsp3) is 0.273. The molecule has 132 valence electrons. The summed E-state index contributed by atoms with van der Waals surface area (Å²) in [6.07, 6.45) is 1.69. The van der Waals surface area contributed by atoms with Gasteiger partial charge in [0.25, 0.3) is 0 Å². The summed E-state index contributed by atoms with van der Waals surface area (Å²) in [7, 11) is 0. The molecule has 0 amide bonds. The zero-order chi connectivity index (χ0) is 19.0. The molecule has 1 atom stereocenters. The number of hydrogen-bond acceptors (Lipinski definition) is 4. The van der Waals surface area contributed by atoms with Crippen molar-refractivity contribution in [1.29, 1.82) is 0 Å². The lowest BCUT2D eigenvalue weighted by Crippen LogP contribution is -2.18. The standard InChI is InChI=1S/C22H21NO3/c1-12-8-13(2)20(14(3)9-12)21-19(25)11-16(22(21)26)10-17-6-5-7-18(23-17)15(4)24/h5-9,11,21H,10H2,1-4H3. The highest BCUT2D eigenvalue weighted by Crippen LogP contribution is 2.34. The van der Waals surface area contributed by atoms with E-state index in [1.807, 2.05) is 32.9 Å². The zero-order valence-corrected chi connectivity index (χ0v) is 15.4. The number of allylic oxidation sites excluding steroid dienone is 2. The Morgan fingerprint density at radius 2 is 1.73 bits per heavy atom. The Balaban J connectivity index is 1.91. The molecule has 1 aliphatic carbocycles. The second kappa shape index (κ2) is 6.79. The molecule has 26 heavy (non-hydrogen) atoms. The minimum atomic E-state index is -0.762. The van der Waals surface area contributed by atoms with Crippen molar-refractivity contribution in [2.24, 2.45) is 0 Å². The van der Waals surface area contributed by atoms with Crippen LogP contribution in [0.1, 0.15) is 51.3 Å². The maximum absolute atomic E-state index is 12.9. The highest BCUT2D eigenvalue weighted by Gasteiger charge is 2.37. The van der Waals surface area contributed by atoms with Gasteiger partial charge < -0.3 is 0 Å². The fourth-order valence-corrected chi connectivity index (χ4v) is 3.67. The fourth-order valence-electron chi connectivity index (χ4n) is 3.67. The second-order valence-corrected chi connectivity index (χ2v) is 6.93. The number of carbonyl (C=O) groups excluding carboxylic acids is 3. The Bertz CT molecular complexity index is 946. The molecule has 0 N–H and O–H groups in total. The Kier molecular flexibility index (Phi) is 4.68. The summed E-state index contributed by atoms with van der Waals surface area (Å²) in [6, 6.07) is 9.15. The lowest BCUT2D eigenvalue weighted by molar-refractivity contribution is -0.122. The molecular formula is C22H21NO3. The van der Waals surface area contributed by atoms with Gasteiger partial charge in [0, 0.05) is 24.6 Å². The van der Waals surface area contributed by atoms with E-state index in [1.165, 1.54) is 13.0 Å². The van der Waals surface area contributed by atoms with Crippen LogP contribution in [0.3, 0.4) is 0 Å². The Labute approximate surface area is 153 Å². The van der Waals surface area contributed by atoms with E-state index < -0.39 is 5.92 Å². The molecule has 1 aromatic heterocycles. The third kappa shape index (κ3) is 3.27. The van der Waals surface area contributed by atoms with Crippen LogP contribution in [-0.2, 0) is 16.0 Å². The highest BCUT2D eigenvalue weighted by atomic mass is 16.2. The number of benzene rings is 1. The highest BCUT2D eigenvalue weighted by molar-refractivity contribution is 6.25. The van der Waals surface area contributed by atoms with Gasteiger partial charge in [-0.1, -0.05) is 23.8 Å². The first-order valence-corrected chi connectivity index (χ1v) is 8.61. The predicted octanol–water partition coefficient (Wildman–Crippen LogP) is 3.61. The third-order valence-corrected chi connectivity index (χ3v) is 4.75. The van der Waals surface area contributed by atoms with Crippen LogP contribution in [0.2, 0.25) is 0 Å². The van der Waals surface area contributed by atoms with Crippen molar-refractivity contribution in [3.8, 4) is 0 Å². The van der Waals surface area contributed by atoms with Gasteiger partial charge in [0.1, 0.15) is 11.6 Å². The van der Waals surface area contributed by atoms with Crippen molar-refractivity contribution in [3.05, 3.63) is 75.6 Å². The van der Waals surface area contributed by atoms with Gasteiger partial charge in [0.2, 0.25) is 0 Å². The molecule has 1 heterocycles. The summed E-state index contributed by atoms with van der Waals surface area (Å²) in [5.74, 6) is -1.23. The SMILES string of the molecule is CC(=O)c1cccc(CC2=CC(=O)C(c3c(C)cc(C)cc3C)C2=O)n1. The lowest BCUT2D eigenvalue weighted by atomic mass is 9.85. The number of pyridine rings is 1. The molecular weight excluding hydrogens is 326 g/mol. The molecule has 0 fully saturated rings. The van der Waals surface area contributed by atoms with Crippen LogP contribution in [-0.4, -0.2) is 22.3 Å². The summed E-state index contributed by atoms with van der Waals surface area (Å²) < 4.78 is 0. The monoisotopic (exact) mass is 347 g/mol. The molecule has 0 radical (unpaired) electrons. The van der Waals surface area contributed by atoms with Crippen LogP contribution >= 0.6 is 0 Å². The minimum Gasteiger partial charge on any atom is -0.294 e. The number of ketones is 3. The van der Waals surface area contributed by atoms with E-state index in [2.05, 4.69) is 4.98 Å². The van der Waals surface area contributed by atoms with Gasteiger partial charge in [0.15, 0.2) is 17.3 Å². The van der Waals surface area contributed by atoms with Crippen molar-refractivity contribution in [2.45, 2.75) is 40.0 Å². The van der Waals surface area contributed by atoms with Crippen molar-refractivity contribution in [1.82, 2.24) is 4.98 Å². The number of rotatable bonds is 4. The van der Waals surface area contributed by atoms with E-state index in [4.69, 9.17) is 0 Å². The van der Waals surface area contributed by atoms with Crippen molar-refractivity contribution < 1.29 is 14.4 Å². The molecule has 4 heteroatoms. The summed E-state index contributed by atoms with van der Waals surface area (Å²) in [5.41, 5.74) is 5.26. The number of hydrogen-bond donors (Lipinski definition) is 0. The first kappa shape index (κ1) is 17.9. The predicted molar refractivity (Wildman–Crippen MR) is 99.4 cm³/mol. The number of carbonyl (C=O) groups is 3. The van der Waals surface area contributed by atoms with Crippen LogP contribution in [0.25, 0.3) is 0 Å². The van der Waals surface area contributed by atoms with Gasteiger partial charge in [0.05, 0.1) is 0 Å². The van der Waals surface area contributed by atoms with Gasteiger partial charge in [-0.3, -0.25) is 14.4 Å². The van der Waals surface area contributed by atoms with Gasteiger partial charge in [-0.2, -0.15) is 0 Å². The summed E-state index contributed by atoms with van der Waals surface area (Å²) in [5, 5.41) is 0. The number of nitrogens with zero attached hydrogens (tertiary/aromatic N) is 1. The van der Waals surface area contributed by atoms with Gasteiger partial charge in [-0.15, -0.1) is 0 Å². The normalized spacial score (nSPS) is 16.8. The molecule has 1 aliphatic rings. The first-order chi connectivity index (χ1) is 12.3. The topological polar surface area (TPSA) is 64.1 Å². The van der Waals surface area contributed by atoms with Crippen LogP contribution in [0, 0.1) is 20.8 Å². The average molecular weight is 347 g/mol. The molecule has 0 aliphatic heterocycles. The zero-order valence-electron chi connectivity index (χ0n) is 15.4. The molecule has 0 saturated carbocycles. The van der Waals surface area contributed by atoms with E-state index in [-0.39, 0.29) is 23.8 Å². The summed E-state index contributed by atoms with van der Waals surface area (Å²) >= 11 is 0. The third-order valence-electron chi connectivity index (χ3n) is 4.75. The second-order valence-electron chi connectivity index (χ2n) is 6.93. The number of aryl methyl sites for hydroxylation is 3. The van der Waals surface area contributed by atoms with Gasteiger partial charge in [-0.25, -0.2) is 4.98 Å². The van der Waals surface area contributed by atoms with Crippen LogP contribution in [0.15, 0.2) is 42.0 Å². The summed E-state index contributed by atoms with van der Waals surface area (Å²) in [4.78, 5) is 41.3. The molecule has 3 rings (SSSR count). The van der Waals surface area contributed by atoms with Crippen molar-refractivity contribution >= 4 is 17.3 Å². The first-order valence-electron chi connectivity index (χ1n) is 8.61. The Hall–Kier alpha value is -2.88. The molecule has 0 saturated heterocycles. The smallest absolute Gasteiger partial charge is 0.178 e. The van der Waals surface area contributed by atoms with Crippen LogP contribution < -0.4 is 0 Å².